The van der Waals surface area contributed by atoms with Crippen LogP contribution in [0.2, 0.25) is 0 Å². The van der Waals surface area contributed by atoms with E-state index in [-0.39, 0.29) is 5.56 Å². The van der Waals surface area contributed by atoms with Gasteiger partial charge in [0.05, 0.1) is 5.56 Å². The van der Waals surface area contributed by atoms with Crippen LogP contribution >= 0.6 is 0 Å². The lowest BCUT2D eigenvalue weighted by molar-refractivity contribution is 0.0696. The zero-order valence-electron chi connectivity index (χ0n) is 12.4. The maximum absolute atomic E-state index is 10.8. The van der Waals surface area contributed by atoms with Crippen LogP contribution in [0.3, 0.4) is 0 Å². The van der Waals surface area contributed by atoms with E-state index in [1.807, 2.05) is 0 Å². The van der Waals surface area contributed by atoms with Crippen LogP contribution < -0.4 is 4.90 Å². The average molecular weight is 277 g/mol. The Labute approximate surface area is 120 Å². The van der Waals surface area contributed by atoms with Gasteiger partial charge in [0.1, 0.15) is 5.82 Å². The molecular weight excluding hydrogens is 254 g/mol. The monoisotopic (exact) mass is 277 g/mol. The van der Waals surface area contributed by atoms with Gasteiger partial charge in [0.15, 0.2) is 0 Å². The van der Waals surface area contributed by atoms with Crippen LogP contribution in [-0.4, -0.2) is 52.7 Å². The minimum atomic E-state index is -0.930. The second kappa shape index (κ2) is 6.22. The summed E-state index contributed by atoms with van der Waals surface area (Å²) in [6.45, 7) is 9.60. The summed E-state index contributed by atoms with van der Waals surface area (Å²) in [4.78, 5) is 19.9. The van der Waals surface area contributed by atoms with Gasteiger partial charge >= 0.3 is 5.97 Å². The molecule has 5 heteroatoms. The van der Waals surface area contributed by atoms with Gasteiger partial charge in [-0.25, -0.2) is 9.78 Å². The minimum absolute atomic E-state index is 0.238. The summed E-state index contributed by atoms with van der Waals surface area (Å²) >= 11 is 0. The lowest BCUT2D eigenvalue weighted by Gasteiger charge is -2.43. The van der Waals surface area contributed by atoms with Gasteiger partial charge in [0.25, 0.3) is 0 Å². The van der Waals surface area contributed by atoms with Crippen molar-refractivity contribution in [2.75, 3.05) is 24.5 Å². The molecule has 0 spiro atoms. The van der Waals surface area contributed by atoms with Gasteiger partial charge in [0.2, 0.25) is 0 Å². The van der Waals surface area contributed by atoms with Gasteiger partial charge in [-0.05, 0) is 32.4 Å². The smallest absolute Gasteiger partial charge is 0.337 e. The summed E-state index contributed by atoms with van der Waals surface area (Å²) in [5.74, 6) is -0.0584. The molecule has 1 atom stereocenters. The van der Waals surface area contributed by atoms with E-state index in [9.17, 15) is 4.79 Å². The summed E-state index contributed by atoms with van der Waals surface area (Å²) in [6, 6.07) is 4.52. The van der Waals surface area contributed by atoms with Gasteiger partial charge in [-0.1, -0.05) is 6.92 Å². The number of carboxylic acids is 1. The van der Waals surface area contributed by atoms with Crippen molar-refractivity contribution in [3.05, 3.63) is 23.9 Å². The lowest BCUT2D eigenvalue weighted by Crippen LogP contribution is -2.55. The minimum Gasteiger partial charge on any atom is -0.478 e. The number of aromatic carboxylic acids is 1. The molecule has 1 aromatic rings. The Kier molecular flexibility index (Phi) is 4.60. The lowest BCUT2D eigenvalue weighted by atomic mass is 10.1. The van der Waals surface area contributed by atoms with E-state index < -0.39 is 5.97 Å². The number of rotatable bonds is 4. The van der Waals surface area contributed by atoms with Crippen molar-refractivity contribution in [2.24, 2.45) is 0 Å². The van der Waals surface area contributed by atoms with Gasteiger partial charge in [-0.2, -0.15) is 0 Å². The van der Waals surface area contributed by atoms with Crippen LogP contribution in [0.4, 0.5) is 5.82 Å². The first-order valence-corrected chi connectivity index (χ1v) is 7.23. The summed E-state index contributed by atoms with van der Waals surface area (Å²) < 4.78 is 0. The topological polar surface area (TPSA) is 56.7 Å². The molecule has 1 fully saturated rings. The van der Waals surface area contributed by atoms with Gasteiger partial charge in [0, 0.05) is 37.9 Å². The maximum Gasteiger partial charge on any atom is 0.337 e. The normalized spacial score (nSPS) is 20.4. The molecular formula is C15H23N3O2. The molecule has 0 aliphatic carbocycles. The predicted octanol–water partition coefficient (Wildman–Crippen LogP) is 2.09. The van der Waals surface area contributed by atoms with Crippen molar-refractivity contribution in [1.29, 1.82) is 0 Å². The van der Waals surface area contributed by atoms with Crippen molar-refractivity contribution in [2.45, 2.75) is 39.3 Å². The quantitative estimate of drug-likeness (QED) is 0.913. The molecule has 1 saturated heterocycles. The van der Waals surface area contributed by atoms with E-state index in [1.54, 1.807) is 12.1 Å². The highest BCUT2D eigenvalue weighted by Gasteiger charge is 2.27. The number of anilines is 1. The highest BCUT2D eigenvalue weighted by atomic mass is 16.4. The molecule has 0 radical (unpaired) electrons. The fourth-order valence-corrected chi connectivity index (χ4v) is 2.82. The van der Waals surface area contributed by atoms with E-state index >= 15 is 0 Å². The number of nitrogens with zero attached hydrogens (tertiary/aromatic N) is 3. The first kappa shape index (κ1) is 14.8. The fourth-order valence-electron chi connectivity index (χ4n) is 2.82. The van der Waals surface area contributed by atoms with Gasteiger partial charge < -0.3 is 10.0 Å². The van der Waals surface area contributed by atoms with Gasteiger partial charge in [-0.15, -0.1) is 0 Å². The zero-order chi connectivity index (χ0) is 14.7. The molecule has 1 unspecified atom stereocenters. The third-order valence-electron chi connectivity index (χ3n) is 3.98. The molecule has 1 aliphatic heterocycles. The van der Waals surface area contributed by atoms with Crippen molar-refractivity contribution in [3.63, 3.8) is 0 Å². The molecule has 20 heavy (non-hydrogen) atoms. The second-order valence-corrected chi connectivity index (χ2v) is 5.55. The van der Waals surface area contributed by atoms with Gasteiger partial charge in [-0.3, -0.25) is 4.90 Å². The van der Waals surface area contributed by atoms with E-state index in [0.29, 0.717) is 12.1 Å². The summed E-state index contributed by atoms with van der Waals surface area (Å²) in [6.07, 6.45) is 2.55. The third-order valence-corrected chi connectivity index (χ3v) is 3.98. The largest absolute Gasteiger partial charge is 0.478 e. The number of carbonyl (C=O) groups is 1. The standard InChI is InChI=1S/C15H23N3O2/c1-4-13-10-17(7-8-18(13)11(2)3)14-6-5-12(9-16-14)15(19)20/h5-6,9,11,13H,4,7-8,10H2,1-3H3,(H,19,20). The van der Waals surface area contributed by atoms with Crippen LogP contribution in [0.1, 0.15) is 37.6 Å². The third kappa shape index (κ3) is 3.10. The Morgan fingerprint density at radius 1 is 1.45 bits per heavy atom. The first-order valence-electron chi connectivity index (χ1n) is 7.23. The van der Waals surface area contributed by atoms with Crippen LogP contribution in [0.25, 0.3) is 0 Å². The number of hydrogen-bond donors (Lipinski definition) is 1. The molecule has 0 aromatic carbocycles. The summed E-state index contributed by atoms with van der Waals surface area (Å²) in [5.41, 5.74) is 0.238. The molecule has 0 amide bonds. The molecule has 5 nitrogen and oxygen atoms in total. The molecule has 0 bridgehead atoms. The van der Waals surface area contributed by atoms with E-state index in [1.165, 1.54) is 6.20 Å². The number of carboxylic acid groups (broad SMARTS) is 1. The second-order valence-electron chi connectivity index (χ2n) is 5.55. The van der Waals surface area contributed by atoms with E-state index in [4.69, 9.17) is 5.11 Å². The maximum atomic E-state index is 10.8. The van der Waals surface area contributed by atoms with Crippen LogP contribution in [-0.2, 0) is 0 Å². The number of aromatic nitrogens is 1. The molecule has 1 aliphatic rings. The summed E-state index contributed by atoms with van der Waals surface area (Å²) in [5, 5.41) is 8.90. The zero-order valence-corrected chi connectivity index (χ0v) is 12.4. The fraction of sp³-hybridized carbons (Fsp3) is 0.600. The molecule has 110 valence electrons. The highest BCUT2D eigenvalue weighted by molar-refractivity contribution is 5.87. The molecule has 1 aromatic heterocycles. The van der Waals surface area contributed by atoms with Crippen molar-refractivity contribution in [1.82, 2.24) is 9.88 Å². The Hall–Kier alpha value is -1.62. The average Bonchev–Trinajstić information content (AvgIpc) is 2.46. The Balaban J connectivity index is 2.09. The van der Waals surface area contributed by atoms with E-state index in [2.05, 4.69) is 35.6 Å². The first-order chi connectivity index (χ1) is 9.52. The number of pyridine rings is 1. The van der Waals surface area contributed by atoms with Crippen LogP contribution in [0, 0.1) is 0 Å². The SMILES string of the molecule is CCC1CN(c2ccc(C(=O)O)cn2)CCN1C(C)C. The molecule has 2 rings (SSSR count). The molecule has 2 heterocycles. The number of piperazine rings is 1. The van der Waals surface area contributed by atoms with Crippen LogP contribution in [0.5, 0.6) is 0 Å². The van der Waals surface area contributed by atoms with Crippen molar-refractivity contribution < 1.29 is 9.90 Å². The van der Waals surface area contributed by atoms with Crippen molar-refractivity contribution in [3.8, 4) is 0 Å². The Morgan fingerprint density at radius 2 is 2.20 bits per heavy atom. The molecule has 0 saturated carbocycles. The molecule has 1 N–H and O–H groups in total. The number of hydrogen-bond acceptors (Lipinski definition) is 4. The highest BCUT2D eigenvalue weighted by Crippen LogP contribution is 2.20. The predicted molar refractivity (Wildman–Crippen MR) is 79.3 cm³/mol. The Morgan fingerprint density at radius 3 is 2.70 bits per heavy atom. The Bertz CT molecular complexity index is 459. The van der Waals surface area contributed by atoms with Crippen LogP contribution in [0.15, 0.2) is 18.3 Å². The summed E-state index contributed by atoms with van der Waals surface area (Å²) in [7, 11) is 0. The van der Waals surface area contributed by atoms with Crippen molar-refractivity contribution >= 4 is 11.8 Å². The van der Waals surface area contributed by atoms with E-state index in [0.717, 1.165) is 31.9 Å².